The molecular weight excluding hydrogens is 195 g/mol. The molecule has 1 aromatic carbocycles. The molecule has 3 heteroatoms. The molecule has 1 aromatic rings. The summed E-state index contributed by atoms with van der Waals surface area (Å²) in [5.41, 5.74) is -0.0999. The van der Waals surface area contributed by atoms with Gasteiger partial charge in [-0.3, -0.25) is 4.79 Å². The van der Waals surface area contributed by atoms with Crippen LogP contribution in [0.1, 0.15) is 30.4 Å². The number of aliphatic carboxylic acids is 1. The third kappa shape index (κ3) is 1.34. The zero-order chi connectivity index (χ0) is 11.1. The molecule has 1 aliphatic rings. The highest BCUT2D eigenvalue weighted by Gasteiger charge is 2.47. The zero-order valence-electron chi connectivity index (χ0n) is 8.59. The molecule has 1 aliphatic carbocycles. The van der Waals surface area contributed by atoms with Gasteiger partial charge in [0.05, 0.1) is 5.41 Å². The first-order chi connectivity index (χ1) is 7.08. The number of halogens is 1. The largest absolute Gasteiger partial charge is 0.481 e. The van der Waals surface area contributed by atoms with E-state index in [-0.39, 0.29) is 5.82 Å². The van der Waals surface area contributed by atoms with E-state index in [2.05, 4.69) is 0 Å². The fourth-order valence-corrected chi connectivity index (χ4v) is 2.15. The Morgan fingerprint density at radius 3 is 2.60 bits per heavy atom. The second-order valence-electron chi connectivity index (χ2n) is 4.18. The van der Waals surface area contributed by atoms with Gasteiger partial charge in [0, 0.05) is 5.56 Å². The standard InChI is InChI=1S/C12H13FO2/c1-8-4-2-5-9(10(8)13)12(11(14)15)6-3-7-12/h2,4-5H,3,6-7H2,1H3,(H,14,15). The Hall–Kier alpha value is -1.38. The lowest BCUT2D eigenvalue weighted by molar-refractivity contribution is -0.147. The van der Waals surface area contributed by atoms with Crippen LogP contribution in [0.25, 0.3) is 0 Å². The summed E-state index contributed by atoms with van der Waals surface area (Å²) < 4.78 is 13.8. The lowest BCUT2D eigenvalue weighted by Crippen LogP contribution is -2.43. The van der Waals surface area contributed by atoms with Crippen LogP contribution in [-0.4, -0.2) is 11.1 Å². The Balaban J connectivity index is 2.53. The van der Waals surface area contributed by atoms with Crippen molar-refractivity contribution in [1.82, 2.24) is 0 Å². The maximum Gasteiger partial charge on any atom is 0.314 e. The normalized spacial score (nSPS) is 18.3. The van der Waals surface area contributed by atoms with E-state index < -0.39 is 11.4 Å². The Morgan fingerprint density at radius 1 is 1.47 bits per heavy atom. The molecule has 0 amide bonds. The third-order valence-electron chi connectivity index (χ3n) is 3.32. The number of carboxylic acid groups (broad SMARTS) is 1. The van der Waals surface area contributed by atoms with Crippen molar-refractivity contribution in [2.75, 3.05) is 0 Å². The molecule has 2 nitrogen and oxygen atoms in total. The van der Waals surface area contributed by atoms with Crippen molar-refractivity contribution in [3.63, 3.8) is 0 Å². The number of benzene rings is 1. The molecule has 0 spiro atoms. The molecular formula is C12H13FO2. The Labute approximate surface area is 87.7 Å². The molecule has 1 saturated carbocycles. The van der Waals surface area contributed by atoms with Crippen LogP contribution >= 0.6 is 0 Å². The van der Waals surface area contributed by atoms with Gasteiger partial charge in [-0.05, 0) is 25.3 Å². The topological polar surface area (TPSA) is 37.3 Å². The fraction of sp³-hybridized carbons (Fsp3) is 0.417. The summed E-state index contributed by atoms with van der Waals surface area (Å²) in [5, 5.41) is 9.19. The van der Waals surface area contributed by atoms with Gasteiger partial charge < -0.3 is 5.11 Å². The van der Waals surface area contributed by atoms with Crippen molar-refractivity contribution >= 4 is 5.97 Å². The van der Waals surface area contributed by atoms with E-state index in [0.29, 0.717) is 24.0 Å². The molecule has 0 saturated heterocycles. The maximum atomic E-state index is 13.8. The molecule has 1 fully saturated rings. The monoisotopic (exact) mass is 208 g/mol. The first kappa shape index (κ1) is 10.1. The van der Waals surface area contributed by atoms with Gasteiger partial charge in [0.1, 0.15) is 5.82 Å². The predicted molar refractivity (Wildman–Crippen MR) is 54.3 cm³/mol. The van der Waals surface area contributed by atoms with Crippen molar-refractivity contribution < 1.29 is 14.3 Å². The van der Waals surface area contributed by atoms with Gasteiger partial charge in [0.2, 0.25) is 0 Å². The van der Waals surface area contributed by atoms with Crippen molar-refractivity contribution in [2.45, 2.75) is 31.6 Å². The van der Waals surface area contributed by atoms with Crippen molar-refractivity contribution in [3.05, 3.63) is 35.1 Å². The minimum absolute atomic E-state index is 0.348. The molecule has 0 aromatic heterocycles. The van der Waals surface area contributed by atoms with Gasteiger partial charge in [0.15, 0.2) is 0 Å². The van der Waals surface area contributed by atoms with E-state index >= 15 is 0 Å². The molecule has 0 aliphatic heterocycles. The number of hydrogen-bond acceptors (Lipinski definition) is 1. The Kier molecular flexibility index (Phi) is 2.25. The van der Waals surface area contributed by atoms with Crippen LogP contribution in [0.3, 0.4) is 0 Å². The highest BCUT2D eigenvalue weighted by Crippen LogP contribution is 2.45. The number of carboxylic acids is 1. The second-order valence-corrected chi connectivity index (χ2v) is 4.18. The lowest BCUT2D eigenvalue weighted by Gasteiger charge is -2.38. The molecule has 0 radical (unpaired) electrons. The second kappa shape index (κ2) is 3.33. The summed E-state index contributed by atoms with van der Waals surface area (Å²) in [7, 11) is 0. The van der Waals surface area contributed by atoms with E-state index in [9.17, 15) is 14.3 Å². The summed E-state index contributed by atoms with van der Waals surface area (Å²) in [6.45, 7) is 1.66. The number of hydrogen-bond donors (Lipinski definition) is 1. The number of carbonyl (C=O) groups is 1. The van der Waals surface area contributed by atoms with Crippen LogP contribution in [-0.2, 0) is 10.2 Å². The lowest BCUT2D eigenvalue weighted by atomic mass is 9.64. The minimum Gasteiger partial charge on any atom is -0.481 e. The van der Waals surface area contributed by atoms with Gasteiger partial charge in [-0.25, -0.2) is 4.39 Å². The fourth-order valence-electron chi connectivity index (χ4n) is 2.15. The summed E-state index contributed by atoms with van der Waals surface area (Å²) in [6.07, 6.45) is 1.95. The van der Waals surface area contributed by atoms with E-state index in [1.54, 1.807) is 25.1 Å². The molecule has 2 rings (SSSR count). The predicted octanol–water partition coefficient (Wildman–Crippen LogP) is 2.64. The molecule has 15 heavy (non-hydrogen) atoms. The Morgan fingerprint density at radius 2 is 2.13 bits per heavy atom. The van der Waals surface area contributed by atoms with Crippen LogP contribution in [0.4, 0.5) is 4.39 Å². The summed E-state index contributed by atoms with van der Waals surface area (Å²) in [5.74, 6) is -1.27. The molecule has 0 unspecified atom stereocenters. The van der Waals surface area contributed by atoms with Crippen LogP contribution < -0.4 is 0 Å². The molecule has 80 valence electrons. The highest BCUT2D eigenvalue weighted by molar-refractivity contribution is 5.82. The molecule has 0 atom stereocenters. The summed E-state index contributed by atoms with van der Waals surface area (Å²) in [6, 6.07) is 4.97. The van der Waals surface area contributed by atoms with E-state index in [0.717, 1.165) is 6.42 Å². The average Bonchev–Trinajstić information content (AvgIpc) is 2.09. The van der Waals surface area contributed by atoms with Crippen LogP contribution in [0, 0.1) is 12.7 Å². The van der Waals surface area contributed by atoms with Gasteiger partial charge in [0.25, 0.3) is 0 Å². The van der Waals surface area contributed by atoms with Crippen molar-refractivity contribution in [2.24, 2.45) is 0 Å². The number of aryl methyl sites for hydroxylation is 1. The van der Waals surface area contributed by atoms with Crippen molar-refractivity contribution in [1.29, 1.82) is 0 Å². The average molecular weight is 208 g/mol. The quantitative estimate of drug-likeness (QED) is 0.811. The van der Waals surface area contributed by atoms with Gasteiger partial charge in [-0.15, -0.1) is 0 Å². The maximum absolute atomic E-state index is 13.8. The van der Waals surface area contributed by atoms with Gasteiger partial charge in [-0.2, -0.15) is 0 Å². The van der Waals surface area contributed by atoms with E-state index in [1.807, 2.05) is 0 Å². The van der Waals surface area contributed by atoms with Gasteiger partial charge in [-0.1, -0.05) is 24.6 Å². The zero-order valence-corrected chi connectivity index (χ0v) is 8.59. The van der Waals surface area contributed by atoms with Crippen LogP contribution in [0.15, 0.2) is 18.2 Å². The number of rotatable bonds is 2. The van der Waals surface area contributed by atoms with Crippen LogP contribution in [0.5, 0.6) is 0 Å². The highest BCUT2D eigenvalue weighted by atomic mass is 19.1. The molecule has 1 N–H and O–H groups in total. The Bertz CT molecular complexity index is 408. The molecule has 0 bridgehead atoms. The summed E-state index contributed by atoms with van der Waals surface area (Å²) in [4.78, 5) is 11.2. The SMILES string of the molecule is Cc1cccc(C2(C(=O)O)CCC2)c1F. The van der Waals surface area contributed by atoms with Gasteiger partial charge >= 0.3 is 5.97 Å². The first-order valence-corrected chi connectivity index (χ1v) is 5.07. The van der Waals surface area contributed by atoms with Crippen LogP contribution in [0.2, 0.25) is 0 Å². The smallest absolute Gasteiger partial charge is 0.314 e. The van der Waals surface area contributed by atoms with Crippen molar-refractivity contribution in [3.8, 4) is 0 Å². The molecule has 0 heterocycles. The van der Waals surface area contributed by atoms with E-state index in [4.69, 9.17) is 0 Å². The first-order valence-electron chi connectivity index (χ1n) is 5.07. The third-order valence-corrected chi connectivity index (χ3v) is 3.32. The summed E-state index contributed by atoms with van der Waals surface area (Å²) >= 11 is 0. The van der Waals surface area contributed by atoms with E-state index in [1.165, 1.54) is 0 Å². The minimum atomic E-state index is -0.962.